The van der Waals surface area contributed by atoms with Gasteiger partial charge in [0.25, 0.3) is 0 Å². The van der Waals surface area contributed by atoms with Gasteiger partial charge in [-0.3, -0.25) is 0 Å². The average Bonchev–Trinajstić information content (AvgIpc) is 2.43. The van der Waals surface area contributed by atoms with Crippen LogP contribution >= 0.6 is 0 Å². The second kappa shape index (κ2) is 5.87. The number of para-hydroxylation sites is 1. The molecule has 2 N–H and O–H groups in total. The Morgan fingerprint density at radius 3 is 2.35 bits per heavy atom. The Morgan fingerprint density at radius 2 is 1.70 bits per heavy atom. The Balaban J connectivity index is 2.37. The molecule has 106 valence electrons. The van der Waals surface area contributed by atoms with E-state index in [9.17, 15) is 0 Å². The van der Waals surface area contributed by atoms with Crippen LogP contribution in [0.4, 0.5) is 5.69 Å². The molecule has 0 spiro atoms. The number of nitrogens with two attached hydrogens (primary N) is 1. The fourth-order valence-electron chi connectivity index (χ4n) is 2.00. The minimum atomic E-state index is 0.459. The van der Waals surface area contributed by atoms with E-state index >= 15 is 0 Å². The van der Waals surface area contributed by atoms with E-state index in [1.54, 1.807) is 7.11 Å². The summed E-state index contributed by atoms with van der Waals surface area (Å²) in [6.45, 7) is 6.35. The van der Waals surface area contributed by atoms with E-state index in [1.165, 1.54) is 5.56 Å². The van der Waals surface area contributed by atoms with Gasteiger partial charge < -0.3 is 15.2 Å². The number of ether oxygens (including phenoxy) is 2. The van der Waals surface area contributed by atoms with E-state index in [0.29, 0.717) is 23.1 Å². The lowest BCUT2D eigenvalue weighted by Crippen LogP contribution is -1.97. The fourth-order valence-corrected chi connectivity index (χ4v) is 2.00. The number of aryl methyl sites for hydroxylation is 1. The van der Waals surface area contributed by atoms with E-state index in [-0.39, 0.29) is 0 Å². The van der Waals surface area contributed by atoms with Gasteiger partial charge in [0.15, 0.2) is 5.75 Å². The summed E-state index contributed by atoms with van der Waals surface area (Å²) in [5.74, 6) is 2.53. The normalized spacial score (nSPS) is 10.7. The summed E-state index contributed by atoms with van der Waals surface area (Å²) >= 11 is 0. The van der Waals surface area contributed by atoms with E-state index in [4.69, 9.17) is 15.2 Å². The minimum Gasteiger partial charge on any atom is -0.494 e. The van der Waals surface area contributed by atoms with Gasteiger partial charge in [-0.1, -0.05) is 32.0 Å². The molecule has 0 bridgehead atoms. The molecule has 20 heavy (non-hydrogen) atoms. The molecule has 0 saturated heterocycles. The maximum Gasteiger partial charge on any atom is 0.154 e. The van der Waals surface area contributed by atoms with Crippen molar-refractivity contribution in [1.29, 1.82) is 0 Å². The molecular weight excluding hydrogens is 250 g/mol. The maximum atomic E-state index is 6.04. The average molecular weight is 271 g/mol. The summed E-state index contributed by atoms with van der Waals surface area (Å²) in [4.78, 5) is 0. The molecular formula is C17H21NO2. The molecule has 0 heterocycles. The molecule has 2 aromatic rings. The highest BCUT2D eigenvalue weighted by Gasteiger charge is 2.10. The quantitative estimate of drug-likeness (QED) is 0.832. The minimum absolute atomic E-state index is 0.459. The monoisotopic (exact) mass is 271 g/mol. The van der Waals surface area contributed by atoms with Crippen LogP contribution in [0.3, 0.4) is 0 Å². The number of anilines is 1. The van der Waals surface area contributed by atoms with Crippen LogP contribution in [0.1, 0.15) is 30.9 Å². The van der Waals surface area contributed by atoms with Gasteiger partial charge >= 0.3 is 0 Å². The summed E-state index contributed by atoms with van der Waals surface area (Å²) in [5.41, 5.74) is 8.88. The molecule has 3 nitrogen and oxygen atoms in total. The highest BCUT2D eigenvalue weighted by molar-refractivity contribution is 5.63. The predicted molar refractivity (Wildman–Crippen MR) is 82.7 cm³/mol. The van der Waals surface area contributed by atoms with Crippen molar-refractivity contribution in [3.05, 3.63) is 47.5 Å². The third-order valence-electron chi connectivity index (χ3n) is 3.34. The second-order valence-corrected chi connectivity index (χ2v) is 5.15. The van der Waals surface area contributed by atoms with Gasteiger partial charge in [0.1, 0.15) is 17.2 Å². The van der Waals surface area contributed by atoms with Crippen LogP contribution in [-0.4, -0.2) is 7.11 Å². The SMILES string of the molecule is COc1cccc(Oc2cc(C(C)C)ccc2C)c1N. The Morgan fingerprint density at radius 1 is 1.00 bits per heavy atom. The Labute approximate surface area is 120 Å². The van der Waals surface area contributed by atoms with Crippen molar-refractivity contribution in [2.45, 2.75) is 26.7 Å². The van der Waals surface area contributed by atoms with Gasteiger partial charge in [-0.2, -0.15) is 0 Å². The maximum absolute atomic E-state index is 6.04. The van der Waals surface area contributed by atoms with Crippen molar-refractivity contribution in [1.82, 2.24) is 0 Å². The Bertz CT molecular complexity index is 606. The van der Waals surface area contributed by atoms with Gasteiger partial charge in [-0.25, -0.2) is 0 Å². The van der Waals surface area contributed by atoms with Crippen LogP contribution < -0.4 is 15.2 Å². The summed E-state index contributed by atoms with van der Waals surface area (Å²) in [5, 5.41) is 0. The first-order chi connectivity index (χ1) is 9.52. The largest absolute Gasteiger partial charge is 0.494 e. The first-order valence-electron chi connectivity index (χ1n) is 6.73. The summed E-state index contributed by atoms with van der Waals surface area (Å²) in [7, 11) is 1.60. The van der Waals surface area contributed by atoms with Crippen molar-refractivity contribution in [2.75, 3.05) is 12.8 Å². The van der Waals surface area contributed by atoms with Crippen LogP contribution in [0, 0.1) is 6.92 Å². The zero-order chi connectivity index (χ0) is 14.7. The smallest absolute Gasteiger partial charge is 0.154 e. The van der Waals surface area contributed by atoms with Crippen molar-refractivity contribution >= 4 is 5.69 Å². The topological polar surface area (TPSA) is 44.5 Å². The molecule has 0 aliphatic rings. The Hall–Kier alpha value is -2.16. The molecule has 2 rings (SSSR count). The zero-order valence-electron chi connectivity index (χ0n) is 12.4. The highest BCUT2D eigenvalue weighted by Crippen LogP contribution is 2.36. The molecule has 0 radical (unpaired) electrons. The summed E-state index contributed by atoms with van der Waals surface area (Å²) in [6.07, 6.45) is 0. The third-order valence-corrected chi connectivity index (χ3v) is 3.34. The van der Waals surface area contributed by atoms with E-state index in [1.807, 2.05) is 25.1 Å². The molecule has 0 atom stereocenters. The van der Waals surface area contributed by atoms with Gasteiger partial charge in [0, 0.05) is 0 Å². The number of hydrogen-bond donors (Lipinski definition) is 1. The van der Waals surface area contributed by atoms with Crippen LogP contribution in [0.5, 0.6) is 17.2 Å². The molecule has 0 aromatic heterocycles. The van der Waals surface area contributed by atoms with E-state index in [0.717, 1.165) is 11.3 Å². The zero-order valence-corrected chi connectivity index (χ0v) is 12.4. The number of nitrogen functional groups attached to an aromatic ring is 1. The molecule has 0 aliphatic carbocycles. The van der Waals surface area contributed by atoms with Crippen molar-refractivity contribution in [3.63, 3.8) is 0 Å². The van der Waals surface area contributed by atoms with Gasteiger partial charge in [-0.05, 0) is 42.2 Å². The molecule has 0 unspecified atom stereocenters. The highest BCUT2D eigenvalue weighted by atomic mass is 16.5. The van der Waals surface area contributed by atoms with Crippen LogP contribution in [0.15, 0.2) is 36.4 Å². The standard InChI is InChI=1S/C17H21NO2/c1-11(2)13-9-8-12(3)16(10-13)20-15-7-5-6-14(19-4)17(15)18/h5-11H,18H2,1-4H3. The lowest BCUT2D eigenvalue weighted by Gasteiger charge is -2.15. The summed E-state index contributed by atoms with van der Waals surface area (Å²) < 4.78 is 11.2. The Kier molecular flexibility index (Phi) is 4.18. The number of methoxy groups -OCH3 is 1. The van der Waals surface area contributed by atoms with Gasteiger partial charge in [-0.15, -0.1) is 0 Å². The van der Waals surface area contributed by atoms with E-state index < -0.39 is 0 Å². The van der Waals surface area contributed by atoms with Crippen molar-refractivity contribution in [2.24, 2.45) is 0 Å². The van der Waals surface area contributed by atoms with Crippen molar-refractivity contribution < 1.29 is 9.47 Å². The second-order valence-electron chi connectivity index (χ2n) is 5.15. The first kappa shape index (κ1) is 14.3. The van der Waals surface area contributed by atoms with Gasteiger partial charge in [0.2, 0.25) is 0 Å². The van der Waals surface area contributed by atoms with Crippen LogP contribution in [0.25, 0.3) is 0 Å². The number of hydrogen-bond acceptors (Lipinski definition) is 3. The third kappa shape index (κ3) is 2.87. The molecule has 3 heteroatoms. The lowest BCUT2D eigenvalue weighted by molar-refractivity contribution is 0.412. The molecule has 0 fully saturated rings. The number of rotatable bonds is 4. The van der Waals surface area contributed by atoms with E-state index in [2.05, 4.69) is 32.0 Å². The van der Waals surface area contributed by atoms with Gasteiger partial charge in [0.05, 0.1) is 7.11 Å². The van der Waals surface area contributed by atoms with Crippen molar-refractivity contribution in [3.8, 4) is 17.2 Å². The number of benzene rings is 2. The molecule has 0 aliphatic heterocycles. The van der Waals surface area contributed by atoms with Crippen LogP contribution in [0.2, 0.25) is 0 Å². The molecule has 0 saturated carbocycles. The van der Waals surface area contributed by atoms with Crippen LogP contribution in [-0.2, 0) is 0 Å². The fraction of sp³-hybridized carbons (Fsp3) is 0.294. The predicted octanol–water partition coefficient (Wildman–Crippen LogP) is 4.50. The molecule has 0 amide bonds. The molecule has 2 aromatic carbocycles. The lowest BCUT2D eigenvalue weighted by atomic mass is 10.0. The first-order valence-corrected chi connectivity index (χ1v) is 6.73. The summed E-state index contributed by atoms with van der Waals surface area (Å²) in [6, 6.07) is 11.8.